The number of anilines is 1. The Morgan fingerprint density at radius 3 is 2.50 bits per heavy atom. The van der Waals surface area contributed by atoms with Crippen molar-refractivity contribution in [3.8, 4) is 11.5 Å². The number of aromatic hydroxyl groups is 1. The molecule has 7 heteroatoms. The molecule has 1 N–H and O–H groups in total. The maximum Gasteiger partial charge on any atom is 0.336 e. The zero-order valence-electron chi connectivity index (χ0n) is 17.9. The number of hydrogen-bond donors (Lipinski definition) is 1. The van der Waals surface area contributed by atoms with E-state index >= 15 is 0 Å². The summed E-state index contributed by atoms with van der Waals surface area (Å²) in [4.78, 5) is 27.7. The van der Waals surface area contributed by atoms with Crippen molar-refractivity contribution in [1.82, 2.24) is 0 Å². The molecule has 164 valence electrons. The molecule has 5 rings (SSSR count). The van der Waals surface area contributed by atoms with E-state index in [-0.39, 0.29) is 23.2 Å². The number of hydrogen-bond acceptors (Lipinski definition) is 7. The Labute approximate surface area is 183 Å². The van der Waals surface area contributed by atoms with Crippen LogP contribution in [0.1, 0.15) is 29.5 Å². The molecule has 0 spiro atoms. The van der Waals surface area contributed by atoms with Crippen LogP contribution in [0.15, 0.2) is 54.8 Å². The van der Waals surface area contributed by atoms with E-state index in [1.54, 1.807) is 37.4 Å². The first-order valence-corrected chi connectivity index (χ1v) is 10.6. The molecule has 0 atom stereocenters. The third-order valence-corrected chi connectivity index (χ3v) is 6.12. The van der Waals surface area contributed by atoms with Crippen LogP contribution in [0.4, 0.5) is 5.88 Å². The Bertz CT molecular complexity index is 1460. The average molecular weight is 433 g/mol. The number of rotatable bonds is 4. The molecular weight excluding hydrogens is 410 g/mol. The molecule has 0 radical (unpaired) electrons. The molecule has 0 aliphatic carbocycles. The van der Waals surface area contributed by atoms with Crippen LogP contribution in [0.25, 0.3) is 21.9 Å². The maximum absolute atomic E-state index is 13.6. The Hall–Kier alpha value is -3.74. The number of benzene rings is 2. The SMILES string of the molecule is COc1ccc2c(=O)c(Cc3c(O)ccc4c(C)cc(=O)oc34)c(N3CCCC3)oc2c1. The Kier molecular flexibility index (Phi) is 4.89. The predicted molar refractivity (Wildman–Crippen MR) is 122 cm³/mol. The molecule has 3 heterocycles. The lowest BCUT2D eigenvalue weighted by Crippen LogP contribution is -2.23. The van der Waals surface area contributed by atoms with Crippen molar-refractivity contribution in [1.29, 1.82) is 0 Å². The van der Waals surface area contributed by atoms with Crippen molar-refractivity contribution in [2.45, 2.75) is 26.2 Å². The lowest BCUT2D eigenvalue weighted by molar-refractivity contribution is 0.414. The van der Waals surface area contributed by atoms with Crippen molar-refractivity contribution < 1.29 is 18.7 Å². The second kappa shape index (κ2) is 7.75. The van der Waals surface area contributed by atoms with Crippen LogP contribution in [0.5, 0.6) is 11.5 Å². The van der Waals surface area contributed by atoms with Crippen molar-refractivity contribution in [3.63, 3.8) is 0 Å². The van der Waals surface area contributed by atoms with Gasteiger partial charge in [-0.05, 0) is 49.6 Å². The highest BCUT2D eigenvalue weighted by molar-refractivity contribution is 5.86. The van der Waals surface area contributed by atoms with Gasteiger partial charge in [0.05, 0.1) is 18.1 Å². The lowest BCUT2D eigenvalue weighted by Gasteiger charge is -2.20. The van der Waals surface area contributed by atoms with E-state index in [0.29, 0.717) is 33.7 Å². The van der Waals surface area contributed by atoms with E-state index in [0.717, 1.165) is 36.9 Å². The van der Waals surface area contributed by atoms with E-state index in [2.05, 4.69) is 4.90 Å². The molecule has 0 unspecified atom stereocenters. The minimum absolute atomic E-state index is 0.0344. The Balaban J connectivity index is 1.77. The fourth-order valence-corrected chi connectivity index (χ4v) is 4.44. The third-order valence-electron chi connectivity index (χ3n) is 6.12. The number of ether oxygens (including phenoxy) is 1. The lowest BCUT2D eigenvalue weighted by atomic mass is 9.99. The summed E-state index contributed by atoms with van der Waals surface area (Å²) in [6.07, 6.45) is 2.09. The fourth-order valence-electron chi connectivity index (χ4n) is 4.44. The van der Waals surface area contributed by atoms with Crippen LogP contribution >= 0.6 is 0 Å². The summed E-state index contributed by atoms with van der Waals surface area (Å²) >= 11 is 0. The number of fused-ring (bicyclic) bond motifs is 2. The molecule has 4 aromatic rings. The predicted octanol–water partition coefficient (Wildman–Crippen LogP) is 4.11. The first-order chi connectivity index (χ1) is 15.5. The number of phenolic OH excluding ortho intramolecular Hbond substituents is 1. The summed E-state index contributed by atoms with van der Waals surface area (Å²) in [7, 11) is 1.56. The summed E-state index contributed by atoms with van der Waals surface area (Å²) in [5.74, 6) is 1.05. The topological polar surface area (TPSA) is 93.1 Å². The highest BCUT2D eigenvalue weighted by Gasteiger charge is 2.25. The molecule has 7 nitrogen and oxygen atoms in total. The van der Waals surface area contributed by atoms with Crippen molar-refractivity contribution in [2.24, 2.45) is 0 Å². The minimum atomic E-state index is -0.501. The Morgan fingerprint density at radius 1 is 1.00 bits per heavy atom. The molecule has 1 saturated heterocycles. The minimum Gasteiger partial charge on any atom is -0.508 e. The van der Waals surface area contributed by atoms with Gasteiger partial charge < -0.3 is 23.6 Å². The first kappa shape index (κ1) is 20.2. The zero-order valence-corrected chi connectivity index (χ0v) is 17.9. The summed E-state index contributed by atoms with van der Waals surface area (Å²) in [6, 6.07) is 9.80. The van der Waals surface area contributed by atoms with E-state index in [9.17, 15) is 14.7 Å². The second-order valence-corrected chi connectivity index (χ2v) is 8.14. The van der Waals surface area contributed by atoms with Crippen LogP contribution in [0.2, 0.25) is 0 Å². The van der Waals surface area contributed by atoms with E-state index in [4.69, 9.17) is 13.6 Å². The highest BCUT2D eigenvalue weighted by Crippen LogP contribution is 2.34. The monoisotopic (exact) mass is 433 g/mol. The van der Waals surface area contributed by atoms with Crippen LogP contribution in [0, 0.1) is 6.92 Å². The number of methoxy groups -OCH3 is 1. The molecular formula is C25H23NO6. The van der Waals surface area contributed by atoms with Crippen molar-refractivity contribution in [3.05, 3.63) is 73.7 Å². The van der Waals surface area contributed by atoms with Crippen LogP contribution in [-0.4, -0.2) is 25.3 Å². The van der Waals surface area contributed by atoms with Gasteiger partial charge in [-0.2, -0.15) is 0 Å². The normalized spacial score (nSPS) is 13.9. The standard InChI is InChI=1S/C25H23NO6/c1-14-11-22(28)32-24-16(14)7-8-20(27)18(24)13-19-23(29)17-6-5-15(30-2)12-21(17)31-25(19)26-9-3-4-10-26/h5-8,11-12,27H,3-4,9-10,13H2,1-2H3. The van der Waals surface area contributed by atoms with Crippen molar-refractivity contribution >= 4 is 27.8 Å². The van der Waals surface area contributed by atoms with Gasteiger partial charge in [0.25, 0.3) is 0 Å². The van der Waals surface area contributed by atoms with Gasteiger partial charge in [-0.25, -0.2) is 4.79 Å². The number of nitrogens with zero attached hydrogens (tertiary/aromatic N) is 1. The van der Waals surface area contributed by atoms with E-state index < -0.39 is 5.63 Å². The molecule has 1 aliphatic heterocycles. The van der Waals surface area contributed by atoms with E-state index in [1.165, 1.54) is 6.07 Å². The van der Waals surface area contributed by atoms with Gasteiger partial charge in [0.2, 0.25) is 5.88 Å². The van der Waals surface area contributed by atoms with Gasteiger partial charge >= 0.3 is 5.63 Å². The van der Waals surface area contributed by atoms with Crippen molar-refractivity contribution in [2.75, 3.05) is 25.1 Å². The smallest absolute Gasteiger partial charge is 0.336 e. The average Bonchev–Trinajstić information content (AvgIpc) is 3.31. The first-order valence-electron chi connectivity index (χ1n) is 10.6. The largest absolute Gasteiger partial charge is 0.508 e. The summed E-state index contributed by atoms with van der Waals surface area (Å²) in [5.41, 5.74) is 1.62. The van der Waals surface area contributed by atoms with Crippen LogP contribution in [-0.2, 0) is 6.42 Å². The maximum atomic E-state index is 13.6. The second-order valence-electron chi connectivity index (χ2n) is 8.14. The molecule has 1 fully saturated rings. The third kappa shape index (κ3) is 3.30. The highest BCUT2D eigenvalue weighted by atomic mass is 16.5. The zero-order chi connectivity index (χ0) is 22.4. The van der Waals surface area contributed by atoms with Crippen LogP contribution in [0.3, 0.4) is 0 Å². The molecule has 0 amide bonds. The summed E-state index contributed by atoms with van der Waals surface area (Å²) < 4.78 is 17.0. The number of aryl methyl sites for hydroxylation is 1. The van der Waals surface area contributed by atoms with Gasteiger partial charge in [-0.1, -0.05) is 0 Å². The van der Waals surface area contributed by atoms with Gasteiger partial charge in [0, 0.05) is 42.6 Å². The molecule has 0 bridgehead atoms. The molecule has 32 heavy (non-hydrogen) atoms. The molecule has 2 aromatic heterocycles. The fraction of sp³-hybridized carbons (Fsp3) is 0.280. The summed E-state index contributed by atoms with van der Waals surface area (Å²) in [6.45, 7) is 3.37. The van der Waals surface area contributed by atoms with Crippen LogP contribution < -0.4 is 20.7 Å². The van der Waals surface area contributed by atoms with Gasteiger partial charge in [-0.15, -0.1) is 0 Å². The van der Waals surface area contributed by atoms with E-state index in [1.807, 2.05) is 6.92 Å². The number of phenols is 1. The van der Waals surface area contributed by atoms with Gasteiger partial charge in [0.15, 0.2) is 5.43 Å². The van der Waals surface area contributed by atoms with Gasteiger partial charge in [0.1, 0.15) is 22.7 Å². The molecule has 2 aromatic carbocycles. The molecule has 0 saturated carbocycles. The molecule has 1 aliphatic rings. The van der Waals surface area contributed by atoms with Gasteiger partial charge in [-0.3, -0.25) is 4.79 Å². The Morgan fingerprint density at radius 2 is 1.75 bits per heavy atom. The quantitative estimate of drug-likeness (QED) is 0.484. The summed E-state index contributed by atoms with van der Waals surface area (Å²) in [5, 5.41) is 11.8.